The lowest BCUT2D eigenvalue weighted by molar-refractivity contribution is 0.0691. The zero-order valence-electron chi connectivity index (χ0n) is 11.8. The highest BCUT2D eigenvalue weighted by molar-refractivity contribution is 7.09. The summed E-state index contributed by atoms with van der Waals surface area (Å²) in [6.07, 6.45) is 0.926. The number of amides is 1. The summed E-state index contributed by atoms with van der Waals surface area (Å²) < 4.78 is 0. The molecule has 0 radical (unpaired) electrons. The van der Waals surface area contributed by atoms with Crippen LogP contribution in [0.3, 0.4) is 0 Å². The van der Waals surface area contributed by atoms with Gasteiger partial charge in [0.05, 0.1) is 6.04 Å². The SMILES string of the molecule is CCc1ccc(C(=O)NC(C)c2nc(C(=O)O)cs2)cc1. The number of carboxylic acids is 1. The summed E-state index contributed by atoms with van der Waals surface area (Å²) in [5.41, 5.74) is 1.75. The lowest BCUT2D eigenvalue weighted by Gasteiger charge is -2.11. The smallest absolute Gasteiger partial charge is 0.355 e. The fraction of sp³-hybridized carbons (Fsp3) is 0.267. The number of aryl methyl sites for hydroxylation is 1. The Hall–Kier alpha value is -2.21. The number of carbonyl (C=O) groups excluding carboxylic acids is 1. The van der Waals surface area contributed by atoms with Crippen molar-refractivity contribution in [2.45, 2.75) is 26.3 Å². The van der Waals surface area contributed by atoms with Crippen LogP contribution in [-0.4, -0.2) is 22.0 Å². The molecule has 110 valence electrons. The molecule has 0 fully saturated rings. The number of aromatic carboxylic acids is 1. The fourth-order valence-corrected chi connectivity index (χ4v) is 2.62. The maximum absolute atomic E-state index is 12.1. The highest BCUT2D eigenvalue weighted by Crippen LogP contribution is 2.18. The Labute approximate surface area is 126 Å². The van der Waals surface area contributed by atoms with E-state index in [1.54, 1.807) is 19.1 Å². The van der Waals surface area contributed by atoms with Gasteiger partial charge in [-0.25, -0.2) is 9.78 Å². The zero-order chi connectivity index (χ0) is 15.4. The van der Waals surface area contributed by atoms with Crippen molar-refractivity contribution in [1.82, 2.24) is 10.3 Å². The Bertz CT molecular complexity index is 649. The van der Waals surface area contributed by atoms with E-state index in [-0.39, 0.29) is 17.6 Å². The minimum Gasteiger partial charge on any atom is -0.476 e. The number of hydrogen-bond acceptors (Lipinski definition) is 4. The van der Waals surface area contributed by atoms with Crippen LogP contribution in [0.1, 0.15) is 51.3 Å². The first-order valence-corrected chi connectivity index (χ1v) is 7.47. The van der Waals surface area contributed by atoms with Gasteiger partial charge >= 0.3 is 5.97 Å². The number of rotatable bonds is 5. The van der Waals surface area contributed by atoms with Crippen LogP contribution in [-0.2, 0) is 6.42 Å². The van der Waals surface area contributed by atoms with Crippen molar-refractivity contribution in [3.8, 4) is 0 Å². The molecule has 0 bridgehead atoms. The van der Waals surface area contributed by atoms with Gasteiger partial charge in [-0.1, -0.05) is 19.1 Å². The van der Waals surface area contributed by atoms with Gasteiger partial charge in [-0.15, -0.1) is 11.3 Å². The minimum absolute atomic E-state index is 0.00315. The molecule has 1 aromatic carbocycles. The predicted molar refractivity (Wildman–Crippen MR) is 80.8 cm³/mol. The number of thiazole rings is 1. The Kier molecular flexibility index (Phi) is 4.70. The molecule has 21 heavy (non-hydrogen) atoms. The van der Waals surface area contributed by atoms with Crippen molar-refractivity contribution < 1.29 is 14.7 Å². The summed E-state index contributed by atoms with van der Waals surface area (Å²) in [5, 5.41) is 13.7. The van der Waals surface area contributed by atoms with E-state index in [9.17, 15) is 9.59 Å². The average Bonchev–Trinajstić information content (AvgIpc) is 2.97. The van der Waals surface area contributed by atoms with Crippen molar-refractivity contribution in [1.29, 1.82) is 0 Å². The molecule has 6 heteroatoms. The normalized spacial score (nSPS) is 11.9. The molecular formula is C15H16N2O3S. The van der Waals surface area contributed by atoms with Gasteiger partial charge in [-0.3, -0.25) is 4.79 Å². The van der Waals surface area contributed by atoms with E-state index in [0.29, 0.717) is 10.6 Å². The molecule has 0 aliphatic heterocycles. The molecule has 2 rings (SSSR count). The lowest BCUT2D eigenvalue weighted by atomic mass is 10.1. The van der Waals surface area contributed by atoms with Crippen molar-refractivity contribution in [3.05, 3.63) is 51.5 Å². The van der Waals surface area contributed by atoms with E-state index in [1.165, 1.54) is 22.3 Å². The van der Waals surface area contributed by atoms with Gasteiger partial charge in [-0.05, 0) is 31.0 Å². The number of carboxylic acid groups (broad SMARTS) is 1. The third-order valence-electron chi connectivity index (χ3n) is 3.08. The van der Waals surface area contributed by atoms with E-state index in [1.807, 2.05) is 12.1 Å². The van der Waals surface area contributed by atoms with E-state index >= 15 is 0 Å². The van der Waals surface area contributed by atoms with Gasteiger partial charge in [-0.2, -0.15) is 0 Å². The fourth-order valence-electron chi connectivity index (χ4n) is 1.82. The van der Waals surface area contributed by atoms with Crippen LogP contribution >= 0.6 is 11.3 Å². The van der Waals surface area contributed by atoms with Crippen LogP contribution in [0, 0.1) is 0 Å². The zero-order valence-corrected chi connectivity index (χ0v) is 12.6. The minimum atomic E-state index is -1.06. The molecular weight excluding hydrogens is 288 g/mol. The molecule has 1 unspecified atom stereocenters. The summed E-state index contributed by atoms with van der Waals surface area (Å²) >= 11 is 1.22. The molecule has 2 aromatic rings. The Morgan fingerprint density at radius 1 is 1.33 bits per heavy atom. The summed E-state index contributed by atoms with van der Waals surface area (Å²) in [6.45, 7) is 3.84. The Morgan fingerprint density at radius 3 is 2.52 bits per heavy atom. The predicted octanol–water partition coefficient (Wildman–Crippen LogP) is 2.89. The van der Waals surface area contributed by atoms with Crippen LogP contribution in [0.4, 0.5) is 0 Å². The van der Waals surface area contributed by atoms with Crippen LogP contribution in [0.5, 0.6) is 0 Å². The van der Waals surface area contributed by atoms with Crippen LogP contribution < -0.4 is 5.32 Å². The standard InChI is InChI=1S/C15H16N2O3S/c1-3-10-4-6-11(7-5-10)13(18)16-9(2)14-17-12(8-21-14)15(19)20/h4-9H,3H2,1-2H3,(H,16,18)(H,19,20). The van der Waals surface area contributed by atoms with E-state index in [4.69, 9.17) is 5.11 Å². The molecule has 1 amide bonds. The van der Waals surface area contributed by atoms with Gasteiger partial charge < -0.3 is 10.4 Å². The molecule has 0 saturated carbocycles. The number of nitrogens with one attached hydrogen (secondary N) is 1. The number of carbonyl (C=O) groups is 2. The lowest BCUT2D eigenvalue weighted by Crippen LogP contribution is -2.26. The van der Waals surface area contributed by atoms with Gasteiger partial charge in [0.15, 0.2) is 5.69 Å². The van der Waals surface area contributed by atoms with Crippen LogP contribution in [0.2, 0.25) is 0 Å². The van der Waals surface area contributed by atoms with Gasteiger partial charge in [0.1, 0.15) is 5.01 Å². The molecule has 1 aromatic heterocycles. The Morgan fingerprint density at radius 2 is 2.00 bits per heavy atom. The molecule has 0 spiro atoms. The summed E-state index contributed by atoms with van der Waals surface area (Å²) in [4.78, 5) is 26.9. The number of aromatic nitrogens is 1. The highest BCUT2D eigenvalue weighted by atomic mass is 32.1. The maximum Gasteiger partial charge on any atom is 0.355 e. The average molecular weight is 304 g/mol. The first-order chi connectivity index (χ1) is 10.0. The van der Waals surface area contributed by atoms with Crippen molar-refractivity contribution >= 4 is 23.2 Å². The molecule has 5 nitrogen and oxygen atoms in total. The largest absolute Gasteiger partial charge is 0.476 e. The van der Waals surface area contributed by atoms with Crippen LogP contribution in [0.25, 0.3) is 0 Å². The maximum atomic E-state index is 12.1. The monoisotopic (exact) mass is 304 g/mol. The van der Waals surface area contributed by atoms with E-state index < -0.39 is 5.97 Å². The first kappa shape index (κ1) is 15.2. The van der Waals surface area contributed by atoms with Gasteiger partial charge in [0.25, 0.3) is 5.91 Å². The molecule has 1 heterocycles. The third-order valence-corrected chi connectivity index (χ3v) is 4.11. The van der Waals surface area contributed by atoms with E-state index in [0.717, 1.165) is 6.42 Å². The molecule has 1 atom stereocenters. The quantitative estimate of drug-likeness (QED) is 0.890. The van der Waals surface area contributed by atoms with Crippen molar-refractivity contribution in [3.63, 3.8) is 0 Å². The second kappa shape index (κ2) is 6.49. The highest BCUT2D eigenvalue weighted by Gasteiger charge is 2.16. The molecule has 2 N–H and O–H groups in total. The second-order valence-electron chi connectivity index (χ2n) is 4.62. The molecule has 0 aliphatic carbocycles. The summed E-state index contributed by atoms with van der Waals surface area (Å²) in [5.74, 6) is -1.26. The summed E-state index contributed by atoms with van der Waals surface area (Å²) in [7, 11) is 0. The summed E-state index contributed by atoms with van der Waals surface area (Å²) in [6, 6.07) is 7.08. The molecule has 0 aliphatic rings. The van der Waals surface area contributed by atoms with Crippen molar-refractivity contribution in [2.75, 3.05) is 0 Å². The number of benzene rings is 1. The van der Waals surface area contributed by atoms with Gasteiger partial charge in [0, 0.05) is 10.9 Å². The second-order valence-corrected chi connectivity index (χ2v) is 5.51. The molecule has 0 saturated heterocycles. The van der Waals surface area contributed by atoms with Crippen molar-refractivity contribution in [2.24, 2.45) is 0 Å². The number of hydrogen-bond donors (Lipinski definition) is 2. The van der Waals surface area contributed by atoms with Gasteiger partial charge in [0.2, 0.25) is 0 Å². The van der Waals surface area contributed by atoms with Crippen LogP contribution in [0.15, 0.2) is 29.6 Å². The topological polar surface area (TPSA) is 79.3 Å². The number of nitrogens with zero attached hydrogens (tertiary/aromatic N) is 1. The first-order valence-electron chi connectivity index (χ1n) is 6.59. The Balaban J connectivity index is 2.05. The van der Waals surface area contributed by atoms with E-state index in [2.05, 4.69) is 17.2 Å². The third kappa shape index (κ3) is 3.66.